The molecule has 0 fully saturated rings. The van der Waals surface area contributed by atoms with Gasteiger partial charge >= 0.3 is 6.09 Å². The van der Waals surface area contributed by atoms with Gasteiger partial charge in [-0.3, -0.25) is 4.99 Å². The van der Waals surface area contributed by atoms with E-state index in [2.05, 4.69) is 40.1 Å². The van der Waals surface area contributed by atoms with E-state index in [1.807, 2.05) is 20.8 Å². The van der Waals surface area contributed by atoms with Crippen LogP contribution in [0.5, 0.6) is 0 Å². The van der Waals surface area contributed by atoms with E-state index < -0.39 is 5.60 Å². The first kappa shape index (κ1) is 21.3. The number of carbonyl (C=O) groups is 1. The molecule has 0 bridgehead atoms. The molecule has 7 heteroatoms. The van der Waals surface area contributed by atoms with Crippen LogP contribution in [0.2, 0.25) is 0 Å². The Balaban J connectivity index is 2.28. The molecule has 0 aliphatic carbocycles. The van der Waals surface area contributed by atoms with Crippen LogP contribution in [0.4, 0.5) is 4.79 Å². The number of aliphatic imine (C=N–C) groups is 1. The molecule has 1 aromatic rings. The lowest BCUT2D eigenvalue weighted by Crippen LogP contribution is -2.43. The van der Waals surface area contributed by atoms with Crippen molar-refractivity contribution in [3.05, 3.63) is 22.4 Å². The number of amides is 1. The lowest BCUT2D eigenvalue weighted by atomic mass is 10.1. The predicted octanol–water partition coefficient (Wildman–Crippen LogP) is 2.96. The summed E-state index contributed by atoms with van der Waals surface area (Å²) in [4.78, 5) is 19.2. The van der Waals surface area contributed by atoms with E-state index in [1.165, 1.54) is 4.88 Å². The SMILES string of the molecule is CN=C(NCCc1cccs1)NCC(C)CN(C)C(=O)OC(C)(C)C. The summed E-state index contributed by atoms with van der Waals surface area (Å²) in [6.07, 6.45) is 0.688. The Labute approximate surface area is 155 Å². The van der Waals surface area contributed by atoms with Crippen LogP contribution in [0.1, 0.15) is 32.6 Å². The summed E-state index contributed by atoms with van der Waals surface area (Å²) in [7, 11) is 3.52. The van der Waals surface area contributed by atoms with E-state index in [1.54, 1.807) is 30.3 Å². The molecule has 0 saturated heterocycles. The molecule has 1 aromatic heterocycles. The smallest absolute Gasteiger partial charge is 0.410 e. The molecule has 2 N–H and O–H groups in total. The quantitative estimate of drug-likeness (QED) is 0.574. The van der Waals surface area contributed by atoms with Crippen molar-refractivity contribution in [2.75, 3.05) is 33.7 Å². The zero-order chi connectivity index (χ0) is 18.9. The highest BCUT2D eigenvalue weighted by atomic mass is 32.1. The van der Waals surface area contributed by atoms with Gasteiger partial charge in [-0.05, 0) is 44.6 Å². The average molecular weight is 369 g/mol. The molecular weight excluding hydrogens is 336 g/mol. The van der Waals surface area contributed by atoms with Gasteiger partial charge in [0.15, 0.2) is 5.96 Å². The minimum absolute atomic E-state index is 0.272. The van der Waals surface area contributed by atoms with Crippen LogP contribution in [-0.4, -0.2) is 56.3 Å². The van der Waals surface area contributed by atoms with Crippen LogP contribution in [0, 0.1) is 5.92 Å². The van der Waals surface area contributed by atoms with Crippen molar-refractivity contribution < 1.29 is 9.53 Å². The first-order valence-electron chi connectivity index (χ1n) is 8.62. The molecule has 1 heterocycles. The van der Waals surface area contributed by atoms with E-state index in [9.17, 15) is 4.79 Å². The number of ether oxygens (including phenoxy) is 1. The Morgan fingerprint density at radius 2 is 2.12 bits per heavy atom. The van der Waals surface area contributed by atoms with Crippen LogP contribution in [-0.2, 0) is 11.2 Å². The van der Waals surface area contributed by atoms with Crippen LogP contribution in [0.25, 0.3) is 0 Å². The molecule has 0 aromatic carbocycles. The zero-order valence-electron chi connectivity index (χ0n) is 16.3. The summed E-state index contributed by atoms with van der Waals surface area (Å²) < 4.78 is 5.37. The normalized spacial score (nSPS) is 13.3. The van der Waals surface area contributed by atoms with Crippen molar-refractivity contribution in [2.45, 2.75) is 39.7 Å². The summed E-state index contributed by atoms with van der Waals surface area (Å²) in [6.45, 7) is 9.89. The molecule has 6 nitrogen and oxygen atoms in total. The van der Waals surface area contributed by atoms with Gasteiger partial charge in [0, 0.05) is 38.6 Å². The Hall–Kier alpha value is -1.76. The molecule has 0 saturated carbocycles. The van der Waals surface area contributed by atoms with E-state index in [0.717, 1.165) is 25.5 Å². The summed E-state index contributed by atoms with van der Waals surface area (Å²) in [5.41, 5.74) is -0.471. The fourth-order valence-corrected chi connectivity index (χ4v) is 2.91. The van der Waals surface area contributed by atoms with Crippen LogP contribution in [0.3, 0.4) is 0 Å². The number of nitrogens with one attached hydrogen (secondary N) is 2. The molecule has 0 aliphatic rings. The second-order valence-corrected chi connectivity index (χ2v) is 8.21. The predicted molar refractivity (Wildman–Crippen MR) is 105 cm³/mol. The lowest BCUT2D eigenvalue weighted by molar-refractivity contribution is 0.0278. The summed E-state index contributed by atoms with van der Waals surface area (Å²) >= 11 is 1.76. The van der Waals surface area contributed by atoms with E-state index in [4.69, 9.17) is 4.74 Å². The Morgan fingerprint density at radius 1 is 1.40 bits per heavy atom. The molecule has 1 amide bonds. The van der Waals surface area contributed by atoms with Crippen molar-refractivity contribution in [3.8, 4) is 0 Å². The fraction of sp³-hybridized carbons (Fsp3) is 0.667. The lowest BCUT2D eigenvalue weighted by Gasteiger charge is -2.26. The number of thiophene rings is 1. The molecule has 1 atom stereocenters. The number of hydrogen-bond acceptors (Lipinski definition) is 4. The first-order chi connectivity index (χ1) is 11.7. The molecule has 25 heavy (non-hydrogen) atoms. The number of nitrogens with zero attached hydrogens (tertiary/aromatic N) is 2. The van der Waals surface area contributed by atoms with Crippen LogP contribution >= 0.6 is 11.3 Å². The van der Waals surface area contributed by atoms with E-state index >= 15 is 0 Å². The Kier molecular flexibility index (Phi) is 8.75. The standard InChI is InChI=1S/C18H32N4O2S/c1-14(13-22(6)17(23)24-18(2,3)4)12-21-16(19-5)20-10-9-15-8-7-11-25-15/h7-8,11,14H,9-10,12-13H2,1-6H3,(H2,19,20,21). The summed E-state index contributed by atoms with van der Waals surface area (Å²) in [5.74, 6) is 1.05. The van der Waals surface area contributed by atoms with Gasteiger partial charge in [0.25, 0.3) is 0 Å². The molecule has 142 valence electrons. The van der Waals surface area contributed by atoms with Crippen molar-refractivity contribution in [2.24, 2.45) is 10.9 Å². The topological polar surface area (TPSA) is 66.0 Å². The number of hydrogen-bond donors (Lipinski definition) is 2. The van der Waals surface area contributed by atoms with Crippen molar-refractivity contribution in [3.63, 3.8) is 0 Å². The fourth-order valence-electron chi connectivity index (χ4n) is 2.20. The highest BCUT2D eigenvalue weighted by Crippen LogP contribution is 2.10. The van der Waals surface area contributed by atoms with Crippen molar-refractivity contribution >= 4 is 23.4 Å². The highest BCUT2D eigenvalue weighted by Gasteiger charge is 2.20. The monoisotopic (exact) mass is 368 g/mol. The Bertz CT molecular complexity index is 538. The molecule has 1 rings (SSSR count). The van der Waals surface area contributed by atoms with Gasteiger partial charge in [-0.2, -0.15) is 0 Å². The first-order valence-corrected chi connectivity index (χ1v) is 9.50. The van der Waals surface area contributed by atoms with Gasteiger partial charge in [-0.1, -0.05) is 13.0 Å². The van der Waals surface area contributed by atoms with Crippen molar-refractivity contribution in [1.82, 2.24) is 15.5 Å². The third kappa shape index (κ3) is 9.34. The molecule has 1 unspecified atom stereocenters. The second-order valence-electron chi connectivity index (χ2n) is 7.18. The third-order valence-corrected chi connectivity index (χ3v) is 4.31. The van der Waals surface area contributed by atoms with Gasteiger partial charge < -0.3 is 20.3 Å². The maximum atomic E-state index is 12.0. The zero-order valence-corrected chi connectivity index (χ0v) is 17.1. The van der Waals surface area contributed by atoms with E-state index in [0.29, 0.717) is 6.54 Å². The van der Waals surface area contributed by atoms with Gasteiger partial charge in [0.05, 0.1) is 0 Å². The van der Waals surface area contributed by atoms with E-state index in [-0.39, 0.29) is 12.0 Å². The summed E-state index contributed by atoms with van der Waals surface area (Å²) in [6, 6.07) is 4.20. The average Bonchev–Trinajstić information content (AvgIpc) is 3.02. The largest absolute Gasteiger partial charge is 0.444 e. The minimum Gasteiger partial charge on any atom is -0.444 e. The molecule has 0 spiro atoms. The number of guanidine groups is 1. The van der Waals surface area contributed by atoms with Gasteiger partial charge in [-0.15, -0.1) is 11.3 Å². The molecular formula is C18H32N4O2S. The highest BCUT2D eigenvalue weighted by molar-refractivity contribution is 7.09. The third-order valence-electron chi connectivity index (χ3n) is 3.38. The van der Waals surface area contributed by atoms with Crippen LogP contribution in [0.15, 0.2) is 22.5 Å². The minimum atomic E-state index is -0.471. The van der Waals surface area contributed by atoms with Gasteiger partial charge in [0.2, 0.25) is 0 Å². The maximum Gasteiger partial charge on any atom is 0.410 e. The second kappa shape index (κ2) is 10.3. The van der Waals surface area contributed by atoms with Gasteiger partial charge in [0.1, 0.15) is 5.60 Å². The number of carbonyl (C=O) groups excluding carboxylic acids is 1. The van der Waals surface area contributed by atoms with Gasteiger partial charge in [-0.25, -0.2) is 4.79 Å². The molecule has 0 radical (unpaired) electrons. The summed E-state index contributed by atoms with van der Waals surface area (Å²) in [5, 5.41) is 8.70. The van der Waals surface area contributed by atoms with Crippen LogP contribution < -0.4 is 10.6 Å². The molecule has 0 aliphatic heterocycles. The number of rotatable bonds is 7. The maximum absolute atomic E-state index is 12.0. The Morgan fingerprint density at radius 3 is 2.68 bits per heavy atom. The van der Waals surface area contributed by atoms with Crippen molar-refractivity contribution in [1.29, 1.82) is 0 Å².